The highest BCUT2D eigenvalue weighted by atomic mass is 16.5. The van der Waals surface area contributed by atoms with Gasteiger partial charge >= 0.3 is 0 Å². The van der Waals surface area contributed by atoms with E-state index in [4.69, 9.17) is 4.74 Å². The molecule has 0 spiro atoms. The molecule has 2 aliphatic rings. The molecule has 3 nitrogen and oxygen atoms in total. The largest absolute Gasteiger partial charge is 0.372 e. The highest BCUT2D eigenvalue weighted by molar-refractivity contribution is 5.41. The molecule has 0 aromatic heterocycles. The van der Waals surface area contributed by atoms with E-state index in [1.165, 1.54) is 48.3 Å². The Balaban J connectivity index is 1.65. The smallest absolute Gasteiger partial charge is 0.0727 e. The summed E-state index contributed by atoms with van der Waals surface area (Å²) < 4.78 is 5.53. The van der Waals surface area contributed by atoms with Crippen LogP contribution in [0.4, 0.5) is 0 Å². The molecule has 3 heteroatoms. The van der Waals surface area contributed by atoms with Crippen LogP contribution in [0.1, 0.15) is 22.3 Å². The summed E-state index contributed by atoms with van der Waals surface area (Å²) in [5.41, 5.74) is 5.78. The predicted octanol–water partition coefficient (Wildman–Crippen LogP) is 1.47. The van der Waals surface area contributed by atoms with E-state index >= 15 is 0 Å². The first kappa shape index (κ1) is 12.2. The monoisotopic (exact) mass is 246 g/mol. The summed E-state index contributed by atoms with van der Waals surface area (Å²) in [7, 11) is 0. The summed E-state index contributed by atoms with van der Waals surface area (Å²) in [5.74, 6) is 0. The predicted molar refractivity (Wildman–Crippen MR) is 72.7 cm³/mol. The van der Waals surface area contributed by atoms with Crippen LogP contribution in [0.25, 0.3) is 0 Å². The van der Waals surface area contributed by atoms with E-state index in [0.29, 0.717) is 0 Å². The lowest BCUT2D eigenvalue weighted by molar-refractivity contribution is 0.134. The number of hydrogen-bond donors (Lipinski definition) is 1. The summed E-state index contributed by atoms with van der Waals surface area (Å²) in [6.07, 6.45) is 1.17. The molecule has 0 amide bonds. The first-order chi connectivity index (χ1) is 8.84. The fourth-order valence-corrected chi connectivity index (χ4v) is 2.94. The maximum Gasteiger partial charge on any atom is 0.0727 e. The lowest BCUT2D eigenvalue weighted by Crippen LogP contribution is -2.44. The van der Waals surface area contributed by atoms with Crippen molar-refractivity contribution in [2.24, 2.45) is 0 Å². The topological polar surface area (TPSA) is 24.5 Å². The molecule has 2 heterocycles. The van der Waals surface area contributed by atoms with Crippen LogP contribution in [0.2, 0.25) is 0 Å². The Morgan fingerprint density at radius 2 is 2.06 bits per heavy atom. The molecular formula is C15H22N2O. The van der Waals surface area contributed by atoms with E-state index in [-0.39, 0.29) is 0 Å². The molecule has 0 aliphatic carbocycles. The fourth-order valence-electron chi connectivity index (χ4n) is 2.94. The quantitative estimate of drug-likeness (QED) is 0.874. The second kappa shape index (κ2) is 5.39. The highest BCUT2D eigenvalue weighted by Crippen LogP contribution is 2.26. The van der Waals surface area contributed by atoms with Gasteiger partial charge in [0.2, 0.25) is 0 Å². The Bertz CT molecular complexity index is 425. The summed E-state index contributed by atoms with van der Waals surface area (Å²) in [5, 5.41) is 3.40. The molecule has 0 saturated carbocycles. The van der Waals surface area contributed by atoms with E-state index in [1.807, 2.05) is 0 Å². The van der Waals surface area contributed by atoms with Gasteiger partial charge in [0.25, 0.3) is 0 Å². The van der Waals surface area contributed by atoms with Gasteiger partial charge in [0.05, 0.1) is 13.2 Å². The third-order valence-electron chi connectivity index (χ3n) is 4.22. The number of nitrogens with zero attached hydrogens (tertiary/aromatic N) is 1. The van der Waals surface area contributed by atoms with Crippen LogP contribution < -0.4 is 5.32 Å². The first-order valence-corrected chi connectivity index (χ1v) is 6.95. The normalized spacial score (nSPS) is 20.1. The van der Waals surface area contributed by atoms with E-state index in [2.05, 4.69) is 29.3 Å². The highest BCUT2D eigenvalue weighted by Gasteiger charge is 2.16. The second-order valence-corrected chi connectivity index (χ2v) is 5.32. The Morgan fingerprint density at radius 3 is 2.89 bits per heavy atom. The van der Waals surface area contributed by atoms with Gasteiger partial charge in [-0.2, -0.15) is 0 Å². The van der Waals surface area contributed by atoms with Crippen molar-refractivity contribution in [1.29, 1.82) is 0 Å². The van der Waals surface area contributed by atoms with Gasteiger partial charge < -0.3 is 15.0 Å². The average molecular weight is 246 g/mol. The van der Waals surface area contributed by atoms with E-state index < -0.39 is 0 Å². The minimum atomic E-state index is 0.800. The summed E-state index contributed by atoms with van der Waals surface area (Å²) >= 11 is 0. The zero-order valence-electron chi connectivity index (χ0n) is 11.2. The summed E-state index contributed by atoms with van der Waals surface area (Å²) in [6.45, 7) is 9.69. The summed E-state index contributed by atoms with van der Waals surface area (Å²) in [6, 6.07) is 4.55. The minimum absolute atomic E-state index is 0.800. The maximum absolute atomic E-state index is 5.53. The molecule has 1 N–H and O–H groups in total. The summed E-state index contributed by atoms with van der Waals surface area (Å²) in [4.78, 5) is 2.56. The van der Waals surface area contributed by atoms with Gasteiger partial charge in [-0.05, 0) is 35.6 Å². The lowest BCUT2D eigenvalue weighted by Gasteiger charge is -2.27. The molecule has 0 unspecified atom stereocenters. The second-order valence-electron chi connectivity index (χ2n) is 5.32. The number of fused-ring (bicyclic) bond motifs is 1. The molecule has 1 saturated heterocycles. The van der Waals surface area contributed by atoms with E-state index in [0.717, 1.165) is 26.3 Å². The van der Waals surface area contributed by atoms with Crippen molar-refractivity contribution in [2.45, 2.75) is 26.6 Å². The average Bonchev–Trinajstić information content (AvgIpc) is 2.88. The van der Waals surface area contributed by atoms with Crippen molar-refractivity contribution in [3.63, 3.8) is 0 Å². The maximum atomic E-state index is 5.53. The fraction of sp³-hybridized carbons (Fsp3) is 0.600. The van der Waals surface area contributed by atoms with Crippen LogP contribution in [0.3, 0.4) is 0 Å². The zero-order valence-corrected chi connectivity index (χ0v) is 11.2. The van der Waals surface area contributed by atoms with Crippen molar-refractivity contribution in [3.05, 3.63) is 34.4 Å². The van der Waals surface area contributed by atoms with Gasteiger partial charge in [-0.3, -0.25) is 0 Å². The molecule has 1 aromatic rings. The third-order valence-corrected chi connectivity index (χ3v) is 4.22. The van der Waals surface area contributed by atoms with Crippen LogP contribution in [0, 0.1) is 6.92 Å². The van der Waals surface area contributed by atoms with Crippen LogP contribution in [0.15, 0.2) is 12.1 Å². The lowest BCUT2D eigenvalue weighted by atomic mass is 9.97. The number of nitrogens with one attached hydrogen (secondary N) is 1. The third kappa shape index (κ3) is 2.44. The van der Waals surface area contributed by atoms with Crippen molar-refractivity contribution >= 4 is 0 Å². The van der Waals surface area contributed by atoms with Gasteiger partial charge in [-0.15, -0.1) is 0 Å². The Morgan fingerprint density at radius 1 is 1.22 bits per heavy atom. The van der Waals surface area contributed by atoms with E-state index in [1.54, 1.807) is 0 Å². The zero-order chi connectivity index (χ0) is 12.4. The van der Waals surface area contributed by atoms with Crippen molar-refractivity contribution in [1.82, 2.24) is 10.2 Å². The van der Waals surface area contributed by atoms with E-state index in [9.17, 15) is 0 Å². The van der Waals surface area contributed by atoms with Crippen LogP contribution in [-0.2, 0) is 24.4 Å². The molecule has 1 fully saturated rings. The number of rotatable bonds is 3. The van der Waals surface area contributed by atoms with Crippen molar-refractivity contribution < 1.29 is 4.74 Å². The molecule has 0 radical (unpaired) electrons. The Hall–Kier alpha value is -0.900. The molecule has 3 rings (SSSR count). The minimum Gasteiger partial charge on any atom is -0.372 e. The van der Waals surface area contributed by atoms with Gasteiger partial charge in [0.15, 0.2) is 0 Å². The molecular weight excluding hydrogens is 224 g/mol. The molecule has 98 valence electrons. The van der Waals surface area contributed by atoms with Crippen LogP contribution in [0.5, 0.6) is 0 Å². The molecule has 0 atom stereocenters. The number of piperazine rings is 1. The van der Waals surface area contributed by atoms with Gasteiger partial charge in [-0.1, -0.05) is 12.1 Å². The molecule has 18 heavy (non-hydrogen) atoms. The number of hydrogen-bond acceptors (Lipinski definition) is 3. The molecule has 2 aliphatic heterocycles. The Kier molecular flexibility index (Phi) is 3.64. The molecule has 1 aromatic carbocycles. The number of benzene rings is 1. The van der Waals surface area contributed by atoms with Gasteiger partial charge in [0, 0.05) is 32.7 Å². The first-order valence-electron chi connectivity index (χ1n) is 6.95. The van der Waals surface area contributed by atoms with Crippen LogP contribution in [-0.4, -0.2) is 37.6 Å². The standard InChI is InChI=1S/C15H22N2O/c1-12-13(2-3-14-10-18-11-15(12)14)4-7-17-8-5-16-6-9-17/h2-3,16H,4-11H2,1H3. The molecule has 0 bridgehead atoms. The SMILES string of the molecule is Cc1c(CCN2CCNCC2)ccc2c1COC2. The number of ether oxygens (including phenoxy) is 1. The van der Waals surface area contributed by atoms with Crippen molar-refractivity contribution in [2.75, 3.05) is 32.7 Å². The van der Waals surface area contributed by atoms with Gasteiger partial charge in [-0.25, -0.2) is 0 Å². The van der Waals surface area contributed by atoms with Crippen molar-refractivity contribution in [3.8, 4) is 0 Å². The van der Waals surface area contributed by atoms with Gasteiger partial charge in [0.1, 0.15) is 0 Å². The van der Waals surface area contributed by atoms with Crippen LogP contribution >= 0.6 is 0 Å². The Labute approximate surface area is 109 Å².